The molecule has 2 aromatic carbocycles. The minimum absolute atomic E-state index is 0.0466. The number of benzene rings is 2. The average Bonchev–Trinajstić information content (AvgIpc) is 2.96. The Morgan fingerprint density at radius 1 is 1.00 bits per heavy atom. The van der Waals surface area contributed by atoms with Crippen LogP contribution in [-0.2, 0) is 0 Å². The molecule has 0 aliphatic carbocycles. The third kappa shape index (κ3) is 4.17. The monoisotopic (exact) mass is 383 g/mol. The molecule has 27 heavy (non-hydrogen) atoms. The van der Waals surface area contributed by atoms with Crippen LogP contribution in [0.3, 0.4) is 0 Å². The molecule has 140 valence electrons. The second-order valence-corrected chi connectivity index (χ2v) is 6.62. The number of hydrogen-bond donors (Lipinski definition) is 0. The van der Waals surface area contributed by atoms with Gasteiger partial charge in [0, 0.05) is 27.7 Å². The standard InChI is InChI=1S/C22H22ClNO3/c1-4-26-21-7-5-6-8-22(21)27-14-20(25)19-13-15(2)24(16(19)3)18-11-9-17(23)10-12-18/h5-13H,4,14H2,1-3H3. The first kappa shape index (κ1) is 19.1. The lowest BCUT2D eigenvalue weighted by Crippen LogP contribution is -2.13. The minimum atomic E-state index is -0.0744. The Balaban J connectivity index is 1.80. The van der Waals surface area contributed by atoms with Crippen LogP contribution in [0, 0.1) is 13.8 Å². The molecule has 1 aromatic heterocycles. The molecule has 0 saturated heterocycles. The molecule has 4 nitrogen and oxygen atoms in total. The molecule has 0 bridgehead atoms. The number of aryl methyl sites for hydroxylation is 1. The molecule has 0 amide bonds. The number of carbonyl (C=O) groups is 1. The van der Waals surface area contributed by atoms with E-state index >= 15 is 0 Å². The zero-order valence-corrected chi connectivity index (χ0v) is 16.4. The second-order valence-electron chi connectivity index (χ2n) is 6.19. The average molecular weight is 384 g/mol. The molecule has 3 rings (SSSR count). The summed E-state index contributed by atoms with van der Waals surface area (Å²) >= 11 is 5.98. The maximum atomic E-state index is 12.8. The van der Waals surface area contributed by atoms with Gasteiger partial charge < -0.3 is 14.0 Å². The predicted molar refractivity (Wildman–Crippen MR) is 108 cm³/mol. The molecule has 1 heterocycles. The zero-order valence-electron chi connectivity index (χ0n) is 15.7. The fourth-order valence-electron chi connectivity index (χ4n) is 3.10. The van der Waals surface area contributed by atoms with Gasteiger partial charge in [-0.1, -0.05) is 23.7 Å². The highest BCUT2D eigenvalue weighted by Crippen LogP contribution is 2.27. The van der Waals surface area contributed by atoms with E-state index in [4.69, 9.17) is 21.1 Å². The first-order valence-electron chi connectivity index (χ1n) is 8.84. The highest BCUT2D eigenvalue weighted by atomic mass is 35.5. The van der Waals surface area contributed by atoms with E-state index in [2.05, 4.69) is 0 Å². The van der Waals surface area contributed by atoms with Crippen molar-refractivity contribution in [1.29, 1.82) is 0 Å². The van der Waals surface area contributed by atoms with Crippen molar-refractivity contribution in [3.63, 3.8) is 0 Å². The summed E-state index contributed by atoms with van der Waals surface area (Å²) in [6.07, 6.45) is 0. The lowest BCUT2D eigenvalue weighted by Gasteiger charge is -2.12. The van der Waals surface area contributed by atoms with Crippen molar-refractivity contribution >= 4 is 17.4 Å². The van der Waals surface area contributed by atoms with Gasteiger partial charge in [-0.25, -0.2) is 0 Å². The second kappa shape index (κ2) is 8.31. The van der Waals surface area contributed by atoms with Crippen molar-refractivity contribution < 1.29 is 14.3 Å². The fraction of sp³-hybridized carbons (Fsp3) is 0.227. The molecule has 0 radical (unpaired) electrons. The minimum Gasteiger partial charge on any atom is -0.490 e. The Morgan fingerprint density at radius 2 is 1.63 bits per heavy atom. The van der Waals surface area contributed by atoms with Crippen molar-refractivity contribution in [2.24, 2.45) is 0 Å². The van der Waals surface area contributed by atoms with Crippen molar-refractivity contribution in [2.75, 3.05) is 13.2 Å². The Kier molecular flexibility index (Phi) is 5.87. The Morgan fingerprint density at radius 3 is 2.26 bits per heavy atom. The van der Waals surface area contributed by atoms with Crippen LogP contribution >= 0.6 is 11.6 Å². The van der Waals surface area contributed by atoms with Gasteiger partial charge in [-0.2, -0.15) is 0 Å². The number of halogens is 1. The van der Waals surface area contributed by atoms with Crippen LogP contribution in [0.1, 0.15) is 28.7 Å². The smallest absolute Gasteiger partial charge is 0.202 e. The summed E-state index contributed by atoms with van der Waals surface area (Å²) in [6, 6.07) is 16.8. The number of rotatable bonds is 7. The maximum absolute atomic E-state index is 12.8. The van der Waals surface area contributed by atoms with E-state index in [0.717, 1.165) is 17.1 Å². The first-order chi connectivity index (χ1) is 13.0. The van der Waals surface area contributed by atoms with Crippen LogP contribution < -0.4 is 9.47 Å². The third-order valence-electron chi connectivity index (χ3n) is 4.32. The number of para-hydroxylation sites is 2. The van der Waals surface area contributed by atoms with Gasteiger partial charge in [0.25, 0.3) is 0 Å². The van der Waals surface area contributed by atoms with Crippen LogP contribution in [-0.4, -0.2) is 23.6 Å². The first-order valence-corrected chi connectivity index (χ1v) is 9.21. The highest BCUT2D eigenvalue weighted by Gasteiger charge is 2.18. The van der Waals surface area contributed by atoms with Gasteiger partial charge >= 0.3 is 0 Å². The highest BCUT2D eigenvalue weighted by molar-refractivity contribution is 6.30. The van der Waals surface area contributed by atoms with Crippen molar-refractivity contribution in [2.45, 2.75) is 20.8 Å². The number of nitrogens with zero attached hydrogens (tertiary/aromatic N) is 1. The lowest BCUT2D eigenvalue weighted by atomic mass is 10.1. The van der Waals surface area contributed by atoms with Gasteiger partial charge in [0.2, 0.25) is 5.78 Å². The van der Waals surface area contributed by atoms with E-state index in [9.17, 15) is 4.79 Å². The van der Waals surface area contributed by atoms with Crippen LogP contribution in [0.4, 0.5) is 0 Å². The largest absolute Gasteiger partial charge is 0.490 e. The molecule has 0 fully saturated rings. The number of aromatic nitrogens is 1. The quantitative estimate of drug-likeness (QED) is 0.512. The summed E-state index contributed by atoms with van der Waals surface area (Å²) in [5.41, 5.74) is 3.47. The van der Waals surface area contributed by atoms with E-state index in [-0.39, 0.29) is 12.4 Å². The number of carbonyl (C=O) groups excluding carboxylic acids is 1. The Bertz CT molecular complexity index is 945. The van der Waals surface area contributed by atoms with Crippen LogP contribution in [0.15, 0.2) is 54.6 Å². The van der Waals surface area contributed by atoms with E-state index in [1.54, 1.807) is 6.07 Å². The SMILES string of the molecule is CCOc1ccccc1OCC(=O)c1cc(C)n(-c2ccc(Cl)cc2)c1C. The summed E-state index contributed by atoms with van der Waals surface area (Å²) in [5, 5.41) is 0.680. The molecular weight excluding hydrogens is 362 g/mol. The summed E-state index contributed by atoms with van der Waals surface area (Å²) in [4.78, 5) is 12.8. The van der Waals surface area contributed by atoms with Gasteiger partial charge in [-0.3, -0.25) is 4.79 Å². The molecule has 3 aromatic rings. The van der Waals surface area contributed by atoms with E-state index < -0.39 is 0 Å². The molecule has 5 heteroatoms. The fourth-order valence-corrected chi connectivity index (χ4v) is 3.22. The molecule has 0 N–H and O–H groups in total. The van der Waals surface area contributed by atoms with Gasteiger partial charge in [0.15, 0.2) is 18.1 Å². The Labute approximate surface area is 164 Å². The van der Waals surface area contributed by atoms with Crippen molar-refractivity contribution in [3.05, 3.63) is 76.6 Å². The van der Waals surface area contributed by atoms with E-state index in [0.29, 0.717) is 28.7 Å². The number of ketones is 1. The molecule has 0 aliphatic rings. The molecular formula is C22H22ClNO3. The predicted octanol–water partition coefficient (Wildman–Crippen LogP) is 5.41. The van der Waals surface area contributed by atoms with Crippen molar-refractivity contribution in [3.8, 4) is 17.2 Å². The third-order valence-corrected chi connectivity index (χ3v) is 4.58. The number of ether oxygens (including phenoxy) is 2. The number of hydrogen-bond acceptors (Lipinski definition) is 3. The normalized spacial score (nSPS) is 10.7. The summed E-state index contributed by atoms with van der Waals surface area (Å²) in [7, 11) is 0. The topological polar surface area (TPSA) is 40.5 Å². The molecule has 0 saturated carbocycles. The molecule has 0 aliphatic heterocycles. The summed E-state index contributed by atoms with van der Waals surface area (Å²) in [6.45, 7) is 6.31. The summed E-state index contributed by atoms with van der Waals surface area (Å²) in [5.74, 6) is 1.13. The van der Waals surface area contributed by atoms with Gasteiger partial charge in [-0.15, -0.1) is 0 Å². The van der Waals surface area contributed by atoms with E-state index in [1.165, 1.54) is 0 Å². The zero-order chi connectivity index (χ0) is 19.4. The molecule has 0 atom stereocenters. The van der Waals surface area contributed by atoms with Crippen molar-refractivity contribution in [1.82, 2.24) is 4.57 Å². The van der Waals surface area contributed by atoms with E-state index in [1.807, 2.05) is 73.9 Å². The number of Topliss-reactive ketones (excluding diaryl/α,β-unsaturated/α-hetero) is 1. The summed E-state index contributed by atoms with van der Waals surface area (Å²) < 4.78 is 13.3. The van der Waals surface area contributed by atoms with Gasteiger partial charge in [0.1, 0.15) is 0 Å². The van der Waals surface area contributed by atoms with Gasteiger partial charge in [0.05, 0.1) is 6.61 Å². The Hall–Kier alpha value is -2.72. The molecule has 0 spiro atoms. The van der Waals surface area contributed by atoms with Crippen LogP contribution in [0.2, 0.25) is 5.02 Å². The van der Waals surface area contributed by atoms with Crippen LogP contribution in [0.5, 0.6) is 11.5 Å². The molecule has 0 unspecified atom stereocenters. The lowest BCUT2D eigenvalue weighted by molar-refractivity contribution is 0.0918. The van der Waals surface area contributed by atoms with Crippen LogP contribution in [0.25, 0.3) is 5.69 Å². The maximum Gasteiger partial charge on any atom is 0.202 e. The van der Waals surface area contributed by atoms with Gasteiger partial charge in [-0.05, 0) is 63.2 Å².